The van der Waals surface area contributed by atoms with Crippen molar-refractivity contribution in [3.8, 4) is 0 Å². The van der Waals surface area contributed by atoms with E-state index in [0.29, 0.717) is 22.8 Å². The fraction of sp³-hybridized carbons (Fsp3) is 0.733. The first kappa shape index (κ1) is 16.3. The third-order valence-electron chi connectivity index (χ3n) is 4.22. The van der Waals surface area contributed by atoms with Crippen LogP contribution in [0.2, 0.25) is 5.15 Å². The molecule has 21 heavy (non-hydrogen) atoms. The van der Waals surface area contributed by atoms with Crippen LogP contribution in [0.15, 0.2) is 0 Å². The zero-order valence-electron chi connectivity index (χ0n) is 12.8. The van der Waals surface area contributed by atoms with Gasteiger partial charge >= 0.3 is 0 Å². The number of carbonyl (C=O) groups excluding carboxylic acids is 1. The topological polar surface area (TPSA) is 67.2 Å². The number of aryl methyl sites for hydroxylation is 2. The lowest BCUT2D eigenvalue weighted by Gasteiger charge is -2.26. The van der Waals surface area contributed by atoms with Crippen molar-refractivity contribution < 1.29 is 9.90 Å². The van der Waals surface area contributed by atoms with Gasteiger partial charge in [-0.2, -0.15) is 5.10 Å². The first-order chi connectivity index (χ1) is 9.97. The Bertz CT molecular complexity index is 505. The number of hydrogen-bond donors (Lipinski definition) is 2. The number of halogens is 1. The van der Waals surface area contributed by atoms with E-state index in [0.717, 1.165) is 38.5 Å². The van der Waals surface area contributed by atoms with E-state index in [1.807, 2.05) is 6.92 Å². The average molecular weight is 314 g/mol. The van der Waals surface area contributed by atoms with Crippen molar-refractivity contribution in [3.63, 3.8) is 0 Å². The molecule has 1 amide bonds. The quantitative estimate of drug-likeness (QED) is 0.839. The summed E-state index contributed by atoms with van der Waals surface area (Å²) in [7, 11) is 1.72. The van der Waals surface area contributed by atoms with Gasteiger partial charge in [0, 0.05) is 13.6 Å². The number of aliphatic hydroxyl groups is 1. The van der Waals surface area contributed by atoms with Gasteiger partial charge < -0.3 is 10.4 Å². The molecular formula is C15H24ClN3O2. The van der Waals surface area contributed by atoms with Gasteiger partial charge in [-0.1, -0.05) is 44.2 Å². The molecule has 5 nitrogen and oxygen atoms in total. The highest BCUT2D eigenvalue weighted by Crippen LogP contribution is 2.27. The van der Waals surface area contributed by atoms with Gasteiger partial charge in [0.25, 0.3) is 5.91 Å². The molecule has 118 valence electrons. The lowest BCUT2D eigenvalue weighted by Crippen LogP contribution is -2.42. The molecule has 1 aromatic heterocycles. The minimum Gasteiger partial charge on any atom is -0.388 e. The largest absolute Gasteiger partial charge is 0.388 e. The highest BCUT2D eigenvalue weighted by Gasteiger charge is 2.29. The van der Waals surface area contributed by atoms with E-state index in [4.69, 9.17) is 11.6 Å². The van der Waals surface area contributed by atoms with Gasteiger partial charge in [-0.15, -0.1) is 0 Å². The maximum absolute atomic E-state index is 12.4. The van der Waals surface area contributed by atoms with Crippen LogP contribution in [0, 0.1) is 0 Å². The number of aromatic nitrogens is 2. The zero-order valence-corrected chi connectivity index (χ0v) is 13.5. The molecule has 1 heterocycles. The third-order valence-corrected chi connectivity index (χ3v) is 4.66. The summed E-state index contributed by atoms with van der Waals surface area (Å²) in [6.07, 6.45) is 6.48. The summed E-state index contributed by atoms with van der Waals surface area (Å²) in [6.45, 7) is 2.22. The monoisotopic (exact) mass is 313 g/mol. The van der Waals surface area contributed by atoms with Crippen LogP contribution in [0.5, 0.6) is 0 Å². The average Bonchev–Trinajstić information content (AvgIpc) is 2.63. The van der Waals surface area contributed by atoms with E-state index in [1.165, 1.54) is 4.68 Å². The smallest absolute Gasteiger partial charge is 0.256 e. The second-order valence-corrected chi connectivity index (χ2v) is 6.27. The van der Waals surface area contributed by atoms with Crippen LogP contribution in [-0.4, -0.2) is 32.9 Å². The van der Waals surface area contributed by atoms with Gasteiger partial charge in [0.1, 0.15) is 5.15 Å². The number of hydrogen-bond acceptors (Lipinski definition) is 3. The highest BCUT2D eigenvalue weighted by atomic mass is 35.5. The molecule has 0 unspecified atom stereocenters. The van der Waals surface area contributed by atoms with Crippen LogP contribution in [0.25, 0.3) is 0 Å². The van der Waals surface area contributed by atoms with E-state index in [2.05, 4.69) is 10.4 Å². The number of nitrogens with one attached hydrogen (secondary N) is 1. The molecule has 0 aromatic carbocycles. The number of nitrogens with zero attached hydrogens (tertiary/aromatic N) is 2. The van der Waals surface area contributed by atoms with E-state index in [1.54, 1.807) is 7.05 Å². The van der Waals surface area contributed by atoms with E-state index in [9.17, 15) is 9.90 Å². The van der Waals surface area contributed by atoms with E-state index >= 15 is 0 Å². The van der Waals surface area contributed by atoms with Gasteiger partial charge in [0.2, 0.25) is 0 Å². The van der Waals surface area contributed by atoms with Crippen LogP contribution < -0.4 is 5.32 Å². The molecule has 0 radical (unpaired) electrons. The molecule has 1 aliphatic carbocycles. The molecule has 0 aliphatic heterocycles. The maximum atomic E-state index is 12.4. The second kappa shape index (κ2) is 6.79. The van der Waals surface area contributed by atoms with Crippen molar-refractivity contribution in [3.05, 3.63) is 16.4 Å². The van der Waals surface area contributed by atoms with Crippen LogP contribution in [0.3, 0.4) is 0 Å². The molecule has 0 saturated heterocycles. The summed E-state index contributed by atoms with van der Waals surface area (Å²) in [5, 5.41) is 18.0. The van der Waals surface area contributed by atoms with Crippen LogP contribution >= 0.6 is 11.6 Å². The Hall–Kier alpha value is -1.07. The SMILES string of the molecule is CCc1nn(C)c(Cl)c1C(=O)NCC1(O)CCCCCC1. The van der Waals surface area contributed by atoms with Crippen LogP contribution in [-0.2, 0) is 13.5 Å². The first-order valence-electron chi connectivity index (χ1n) is 7.69. The second-order valence-electron chi connectivity index (χ2n) is 5.91. The van der Waals surface area contributed by atoms with Crippen molar-refractivity contribution in [2.75, 3.05) is 6.54 Å². The van der Waals surface area contributed by atoms with Gasteiger partial charge in [-0.25, -0.2) is 0 Å². The third kappa shape index (κ3) is 3.77. The van der Waals surface area contributed by atoms with Gasteiger partial charge in [-0.3, -0.25) is 9.48 Å². The van der Waals surface area contributed by atoms with Crippen molar-refractivity contribution in [1.82, 2.24) is 15.1 Å². The summed E-state index contributed by atoms with van der Waals surface area (Å²) in [5.41, 5.74) is 0.333. The fourth-order valence-electron chi connectivity index (χ4n) is 2.92. The Morgan fingerprint density at radius 3 is 2.57 bits per heavy atom. The molecule has 0 bridgehead atoms. The molecule has 2 N–H and O–H groups in total. The predicted molar refractivity (Wildman–Crippen MR) is 82.6 cm³/mol. The summed E-state index contributed by atoms with van der Waals surface area (Å²) < 4.78 is 1.51. The molecule has 1 saturated carbocycles. The normalized spacial score (nSPS) is 18.3. The van der Waals surface area contributed by atoms with Crippen molar-refractivity contribution in [2.45, 2.75) is 57.5 Å². The molecule has 1 fully saturated rings. The number of carbonyl (C=O) groups is 1. The Balaban J connectivity index is 2.04. The molecule has 0 spiro atoms. The summed E-state index contributed by atoms with van der Waals surface area (Å²) in [4.78, 5) is 12.4. The maximum Gasteiger partial charge on any atom is 0.256 e. The standard InChI is InChI=1S/C15H24ClN3O2/c1-3-11-12(13(16)19(2)18-11)14(20)17-10-15(21)8-6-4-5-7-9-15/h21H,3-10H2,1-2H3,(H,17,20). The van der Waals surface area contributed by atoms with Gasteiger partial charge in [0.05, 0.1) is 16.9 Å². The van der Waals surface area contributed by atoms with Crippen molar-refractivity contribution in [1.29, 1.82) is 0 Å². The summed E-state index contributed by atoms with van der Waals surface area (Å²) >= 11 is 6.15. The number of rotatable bonds is 4. The Labute approximate surface area is 130 Å². The molecule has 6 heteroatoms. The Morgan fingerprint density at radius 1 is 1.38 bits per heavy atom. The van der Waals surface area contributed by atoms with E-state index < -0.39 is 5.60 Å². The van der Waals surface area contributed by atoms with Gasteiger partial charge in [0.15, 0.2) is 0 Å². The lowest BCUT2D eigenvalue weighted by molar-refractivity contribution is 0.0246. The van der Waals surface area contributed by atoms with E-state index in [-0.39, 0.29) is 12.5 Å². The fourth-order valence-corrected chi connectivity index (χ4v) is 3.16. The first-order valence-corrected chi connectivity index (χ1v) is 8.06. The minimum atomic E-state index is -0.785. The van der Waals surface area contributed by atoms with Crippen LogP contribution in [0.1, 0.15) is 61.5 Å². The van der Waals surface area contributed by atoms with Crippen LogP contribution in [0.4, 0.5) is 0 Å². The highest BCUT2D eigenvalue weighted by molar-refractivity contribution is 6.33. The Kier molecular flexibility index (Phi) is 5.27. The molecule has 0 atom stereocenters. The van der Waals surface area contributed by atoms with Crippen molar-refractivity contribution in [2.24, 2.45) is 7.05 Å². The molecule has 1 aliphatic rings. The summed E-state index contributed by atoms with van der Waals surface area (Å²) in [5.74, 6) is -0.248. The minimum absolute atomic E-state index is 0.248. The number of amides is 1. The zero-order chi connectivity index (χ0) is 15.5. The summed E-state index contributed by atoms with van der Waals surface area (Å²) in [6, 6.07) is 0. The molecular weight excluding hydrogens is 290 g/mol. The lowest BCUT2D eigenvalue weighted by atomic mass is 9.94. The van der Waals surface area contributed by atoms with Gasteiger partial charge in [-0.05, 0) is 19.3 Å². The van der Waals surface area contributed by atoms with Crippen molar-refractivity contribution >= 4 is 17.5 Å². The Morgan fingerprint density at radius 2 is 2.00 bits per heavy atom. The molecule has 2 rings (SSSR count). The molecule has 1 aromatic rings. The predicted octanol–water partition coefficient (Wildman–Crippen LogP) is 2.45.